The number of amides is 2. The topological polar surface area (TPSA) is 108 Å². The van der Waals surface area contributed by atoms with E-state index in [1.54, 1.807) is 11.2 Å². The van der Waals surface area contributed by atoms with Gasteiger partial charge in [0.05, 0.1) is 6.54 Å². The number of benzene rings is 2. The fourth-order valence-corrected chi connectivity index (χ4v) is 5.23. The number of carbonyl (C=O) groups excluding carboxylic acids is 2. The number of anilines is 1. The van der Waals surface area contributed by atoms with E-state index in [2.05, 4.69) is 29.7 Å². The fourth-order valence-electron chi connectivity index (χ4n) is 3.76. The van der Waals surface area contributed by atoms with E-state index in [1.165, 1.54) is 29.8 Å². The SMILES string of the molecule is CC(CC(N)CNC(=O)CN1CCN(C2CC2)S1=O)C(=O)Nc1ccc(F)cc1.Cc1ccccc1. The van der Waals surface area contributed by atoms with E-state index in [9.17, 15) is 18.2 Å². The Labute approximate surface area is 215 Å². The minimum Gasteiger partial charge on any atom is -0.353 e. The molecule has 0 aromatic heterocycles. The molecule has 8 nitrogen and oxygen atoms in total. The molecule has 4 rings (SSSR count). The van der Waals surface area contributed by atoms with Crippen LogP contribution in [0.25, 0.3) is 0 Å². The molecule has 2 amide bonds. The summed E-state index contributed by atoms with van der Waals surface area (Å²) in [6.07, 6.45) is 2.54. The molecule has 1 saturated carbocycles. The Bertz CT molecular complexity index is 1020. The number of carbonyl (C=O) groups is 2. The molecule has 0 bridgehead atoms. The van der Waals surface area contributed by atoms with E-state index in [4.69, 9.17) is 5.73 Å². The third-order valence-electron chi connectivity index (χ3n) is 5.98. The third-order valence-corrected chi connectivity index (χ3v) is 7.62. The summed E-state index contributed by atoms with van der Waals surface area (Å²) < 4.78 is 28.9. The maximum Gasteiger partial charge on any atom is 0.235 e. The number of rotatable bonds is 9. The zero-order chi connectivity index (χ0) is 26.1. The van der Waals surface area contributed by atoms with E-state index >= 15 is 0 Å². The largest absolute Gasteiger partial charge is 0.353 e. The lowest BCUT2D eigenvalue weighted by Gasteiger charge is -2.19. The van der Waals surface area contributed by atoms with Crippen LogP contribution in [0.5, 0.6) is 0 Å². The van der Waals surface area contributed by atoms with Gasteiger partial charge >= 0.3 is 0 Å². The molecule has 1 aliphatic carbocycles. The van der Waals surface area contributed by atoms with Gasteiger partial charge in [0.15, 0.2) is 11.2 Å². The number of aryl methyl sites for hydroxylation is 1. The minimum absolute atomic E-state index is 0.0726. The highest BCUT2D eigenvalue weighted by Gasteiger charge is 2.39. The van der Waals surface area contributed by atoms with Gasteiger partial charge in [-0.1, -0.05) is 42.8 Å². The molecule has 3 atom stereocenters. The Morgan fingerprint density at radius 1 is 1.11 bits per heavy atom. The van der Waals surface area contributed by atoms with Crippen LogP contribution in [0.15, 0.2) is 54.6 Å². The van der Waals surface area contributed by atoms with Gasteiger partial charge in [0, 0.05) is 43.3 Å². The van der Waals surface area contributed by atoms with Crippen LogP contribution in [0, 0.1) is 18.7 Å². The van der Waals surface area contributed by atoms with Gasteiger partial charge in [-0.3, -0.25) is 9.59 Å². The second-order valence-electron chi connectivity index (χ2n) is 9.32. The highest BCUT2D eigenvalue weighted by molar-refractivity contribution is 7.80. The summed E-state index contributed by atoms with van der Waals surface area (Å²) in [6.45, 7) is 5.48. The lowest BCUT2D eigenvalue weighted by atomic mass is 10.0. The molecule has 36 heavy (non-hydrogen) atoms. The number of nitrogens with zero attached hydrogens (tertiary/aromatic N) is 2. The van der Waals surface area contributed by atoms with E-state index in [0.717, 1.165) is 19.4 Å². The van der Waals surface area contributed by atoms with Crippen LogP contribution in [0.2, 0.25) is 0 Å². The Morgan fingerprint density at radius 3 is 2.36 bits per heavy atom. The van der Waals surface area contributed by atoms with Crippen molar-refractivity contribution in [1.82, 2.24) is 13.9 Å². The van der Waals surface area contributed by atoms with Crippen molar-refractivity contribution in [1.29, 1.82) is 0 Å². The lowest BCUT2D eigenvalue weighted by molar-refractivity contribution is -0.121. The molecule has 1 heterocycles. The standard InChI is InChI=1S/C19H28FN5O3S.C7H8/c1-13(19(27)23-16-4-2-14(20)3-5-16)10-15(21)11-22-18(26)12-24-8-9-25(29(24)28)17-6-7-17;1-7-5-3-2-4-6-7/h2-5,13,15,17H,6-12,21H2,1H3,(H,22,26)(H,23,27);2-6H,1H3. The summed E-state index contributed by atoms with van der Waals surface area (Å²) in [5.41, 5.74) is 7.89. The molecule has 2 aromatic rings. The maximum absolute atomic E-state index is 12.9. The Balaban J connectivity index is 0.000000444. The Morgan fingerprint density at radius 2 is 1.78 bits per heavy atom. The maximum atomic E-state index is 12.9. The zero-order valence-corrected chi connectivity index (χ0v) is 21.7. The van der Waals surface area contributed by atoms with Crippen LogP contribution in [0.4, 0.5) is 10.1 Å². The van der Waals surface area contributed by atoms with Gasteiger partial charge in [-0.05, 0) is 50.5 Å². The van der Waals surface area contributed by atoms with Crippen LogP contribution >= 0.6 is 0 Å². The predicted octanol–water partition coefficient (Wildman–Crippen LogP) is 2.59. The zero-order valence-electron chi connectivity index (χ0n) is 20.9. The molecule has 1 saturated heterocycles. The van der Waals surface area contributed by atoms with Crippen molar-refractivity contribution in [3.05, 3.63) is 66.0 Å². The van der Waals surface area contributed by atoms with Gasteiger partial charge in [-0.15, -0.1) is 0 Å². The van der Waals surface area contributed by atoms with Gasteiger partial charge in [0.2, 0.25) is 11.8 Å². The molecule has 196 valence electrons. The first-order chi connectivity index (χ1) is 17.2. The van der Waals surface area contributed by atoms with E-state index in [-0.39, 0.29) is 42.7 Å². The van der Waals surface area contributed by atoms with Gasteiger partial charge in [-0.25, -0.2) is 17.2 Å². The molecule has 4 N–H and O–H groups in total. The van der Waals surface area contributed by atoms with Gasteiger partial charge < -0.3 is 16.4 Å². The molecule has 0 radical (unpaired) electrons. The van der Waals surface area contributed by atoms with Crippen molar-refractivity contribution in [3.8, 4) is 0 Å². The van der Waals surface area contributed by atoms with Crippen LogP contribution in [-0.4, -0.2) is 62.9 Å². The Kier molecular flexibility index (Phi) is 10.5. The van der Waals surface area contributed by atoms with Crippen molar-refractivity contribution < 1.29 is 18.2 Å². The molecule has 2 aliphatic rings. The van der Waals surface area contributed by atoms with Crippen molar-refractivity contribution in [2.24, 2.45) is 11.7 Å². The second kappa shape index (κ2) is 13.6. The van der Waals surface area contributed by atoms with Crippen LogP contribution in [0.3, 0.4) is 0 Å². The highest BCUT2D eigenvalue weighted by atomic mass is 32.2. The number of hydrogen-bond acceptors (Lipinski definition) is 4. The monoisotopic (exact) mass is 517 g/mol. The van der Waals surface area contributed by atoms with Crippen molar-refractivity contribution >= 4 is 28.7 Å². The van der Waals surface area contributed by atoms with E-state index in [1.807, 2.05) is 22.5 Å². The summed E-state index contributed by atoms with van der Waals surface area (Å²) >= 11 is -1.24. The first-order valence-electron chi connectivity index (χ1n) is 12.3. The first-order valence-corrected chi connectivity index (χ1v) is 13.3. The summed E-state index contributed by atoms with van der Waals surface area (Å²) in [5.74, 6) is -1.18. The molecule has 2 aromatic carbocycles. The van der Waals surface area contributed by atoms with Gasteiger partial charge in [0.1, 0.15) is 5.82 Å². The fraction of sp³-hybridized carbons (Fsp3) is 0.462. The van der Waals surface area contributed by atoms with E-state index < -0.39 is 11.2 Å². The Hall–Kier alpha value is -2.66. The summed E-state index contributed by atoms with van der Waals surface area (Å²) in [7, 11) is 0. The summed E-state index contributed by atoms with van der Waals surface area (Å²) in [5, 5.41) is 5.47. The number of halogens is 1. The molecule has 3 unspecified atom stereocenters. The minimum atomic E-state index is -1.24. The number of nitrogens with two attached hydrogens (primary N) is 1. The summed E-state index contributed by atoms with van der Waals surface area (Å²) in [6, 6.07) is 15.8. The number of nitrogens with one attached hydrogen (secondary N) is 2. The van der Waals surface area contributed by atoms with Gasteiger partial charge in [0.25, 0.3) is 0 Å². The summed E-state index contributed by atoms with van der Waals surface area (Å²) in [4.78, 5) is 24.4. The van der Waals surface area contributed by atoms with Crippen molar-refractivity contribution in [2.45, 2.75) is 45.2 Å². The second-order valence-corrected chi connectivity index (χ2v) is 10.8. The average Bonchev–Trinajstić information content (AvgIpc) is 3.63. The van der Waals surface area contributed by atoms with E-state index in [0.29, 0.717) is 24.7 Å². The quantitative estimate of drug-likeness (QED) is 0.475. The molecule has 0 spiro atoms. The molecular formula is C26H36FN5O3S. The van der Waals surface area contributed by atoms with Crippen LogP contribution < -0.4 is 16.4 Å². The smallest absolute Gasteiger partial charge is 0.235 e. The molecule has 1 aliphatic heterocycles. The van der Waals surface area contributed by atoms with Crippen LogP contribution in [0.1, 0.15) is 31.7 Å². The molecular weight excluding hydrogens is 481 g/mol. The lowest BCUT2D eigenvalue weighted by Crippen LogP contribution is -2.43. The number of hydrogen-bond donors (Lipinski definition) is 3. The van der Waals surface area contributed by atoms with Gasteiger partial charge in [-0.2, -0.15) is 0 Å². The average molecular weight is 518 g/mol. The van der Waals surface area contributed by atoms with Crippen molar-refractivity contribution in [3.63, 3.8) is 0 Å². The van der Waals surface area contributed by atoms with Crippen molar-refractivity contribution in [2.75, 3.05) is 31.5 Å². The molecule has 10 heteroatoms. The third kappa shape index (κ3) is 9.09. The first kappa shape index (κ1) is 27.9. The normalized spacial score (nSPS) is 19.6. The van der Waals surface area contributed by atoms with Crippen LogP contribution in [-0.2, 0) is 20.8 Å². The highest BCUT2D eigenvalue weighted by Crippen LogP contribution is 2.31. The predicted molar refractivity (Wildman–Crippen MR) is 140 cm³/mol. The molecule has 2 fully saturated rings.